The van der Waals surface area contributed by atoms with E-state index < -0.39 is 10.0 Å². The van der Waals surface area contributed by atoms with Crippen LogP contribution in [0.25, 0.3) is 0 Å². The summed E-state index contributed by atoms with van der Waals surface area (Å²) in [5.41, 5.74) is 0.833. The van der Waals surface area contributed by atoms with E-state index in [1.807, 2.05) is 0 Å². The molecule has 7 heteroatoms. The molecule has 1 aliphatic heterocycles. The lowest BCUT2D eigenvalue weighted by molar-refractivity contribution is -0.0964. The van der Waals surface area contributed by atoms with Gasteiger partial charge in [0.25, 0.3) is 0 Å². The molecule has 0 unspecified atom stereocenters. The first kappa shape index (κ1) is 17.2. The summed E-state index contributed by atoms with van der Waals surface area (Å²) in [7, 11) is -3.51. The van der Waals surface area contributed by atoms with Crippen molar-refractivity contribution in [1.82, 2.24) is 14.4 Å². The summed E-state index contributed by atoms with van der Waals surface area (Å²) in [6.45, 7) is 6.25. The smallest absolute Gasteiger partial charge is 0.248 e. The van der Waals surface area contributed by atoms with Crippen LogP contribution in [0.5, 0.6) is 0 Å². The highest BCUT2D eigenvalue weighted by Crippen LogP contribution is 2.57. The van der Waals surface area contributed by atoms with Crippen molar-refractivity contribution in [3.8, 4) is 0 Å². The maximum absolute atomic E-state index is 13.1. The Morgan fingerprint density at radius 1 is 0.962 bits per heavy atom. The Balaban J connectivity index is 1.33. The minimum atomic E-state index is -3.51. The average Bonchev–Trinajstić information content (AvgIpc) is 2.93. The first-order valence-electron chi connectivity index (χ1n) is 10.1. The zero-order valence-electron chi connectivity index (χ0n) is 15.8. The summed E-state index contributed by atoms with van der Waals surface area (Å²) < 4.78 is 32.8. The summed E-state index contributed by atoms with van der Waals surface area (Å²) in [6, 6.07) is 0. The van der Waals surface area contributed by atoms with E-state index in [1.165, 1.54) is 38.5 Å². The Kier molecular flexibility index (Phi) is 3.83. The minimum Gasteiger partial charge on any atom is -0.360 e. The van der Waals surface area contributed by atoms with Gasteiger partial charge in [0, 0.05) is 31.7 Å². The van der Waals surface area contributed by atoms with Gasteiger partial charge in [-0.3, -0.25) is 4.90 Å². The van der Waals surface area contributed by atoms with Crippen LogP contribution in [0.15, 0.2) is 9.42 Å². The van der Waals surface area contributed by atoms with E-state index in [9.17, 15) is 8.42 Å². The van der Waals surface area contributed by atoms with Crippen molar-refractivity contribution < 1.29 is 12.9 Å². The molecule has 0 radical (unpaired) electrons. The number of aromatic nitrogens is 1. The normalized spacial score (nSPS) is 38.2. The van der Waals surface area contributed by atoms with E-state index in [-0.39, 0.29) is 4.90 Å². The Labute approximate surface area is 155 Å². The maximum atomic E-state index is 13.1. The van der Waals surface area contributed by atoms with E-state index in [0.29, 0.717) is 30.1 Å². The zero-order valence-corrected chi connectivity index (χ0v) is 16.6. The van der Waals surface area contributed by atoms with Crippen molar-refractivity contribution in [2.24, 2.45) is 17.8 Å². The molecule has 2 heterocycles. The van der Waals surface area contributed by atoms with E-state index in [2.05, 4.69) is 10.1 Å². The van der Waals surface area contributed by atoms with Crippen LogP contribution in [0.2, 0.25) is 0 Å². The van der Waals surface area contributed by atoms with E-state index >= 15 is 0 Å². The molecule has 4 bridgehead atoms. The van der Waals surface area contributed by atoms with Gasteiger partial charge in [-0.15, -0.1) is 0 Å². The fraction of sp³-hybridized carbons (Fsp3) is 0.842. The van der Waals surface area contributed by atoms with Crippen molar-refractivity contribution >= 4 is 10.0 Å². The average molecular weight is 380 g/mol. The second kappa shape index (κ2) is 5.79. The highest BCUT2D eigenvalue weighted by Gasteiger charge is 2.54. The minimum absolute atomic E-state index is 0.265. The molecule has 1 aromatic heterocycles. The number of nitrogens with zero attached hydrogens (tertiary/aromatic N) is 3. The van der Waals surface area contributed by atoms with E-state index in [4.69, 9.17) is 4.52 Å². The molecule has 6 rings (SSSR count). The van der Waals surface area contributed by atoms with Crippen LogP contribution in [0.3, 0.4) is 0 Å². The molecule has 0 amide bonds. The number of aryl methyl sites for hydroxylation is 2. The maximum Gasteiger partial charge on any atom is 0.248 e. The third kappa shape index (κ3) is 2.50. The molecule has 0 N–H and O–H groups in total. The molecule has 26 heavy (non-hydrogen) atoms. The lowest BCUT2D eigenvalue weighted by Crippen LogP contribution is -2.64. The van der Waals surface area contributed by atoms with Crippen molar-refractivity contribution in [3.63, 3.8) is 0 Å². The molecule has 5 aliphatic rings. The van der Waals surface area contributed by atoms with Crippen LogP contribution < -0.4 is 0 Å². The Morgan fingerprint density at radius 2 is 1.50 bits per heavy atom. The summed E-state index contributed by atoms with van der Waals surface area (Å²) in [5, 5.41) is 3.83. The van der Waals surface area contributed by atoms with Crippen molar-refractivity contribution in [2.45, 2.75) is 62.8 Å². The number of piperazine rings is 1. The van der Waals surface area contributed by atoms with Gasteiger partial charge in [-0.2, -0.15) is 4.31 Å². The highest BCUT2D eigenvalue weighted by molar-refractivity contribution is 7.89. The molecule has 1 aromatic rings. The number of hydrogen-bond acceptors (Lipinski definition) is 5. The van der Waals surface area contributed by atoms with Crippen LogP contribution in [0, 0.1) is 31.6 Å². The van der Waals surface area contributed by atoms with Gasteiger partial charge in [0.1, 0.15) is 10.6 Å². The van der Waals surface area contributed by atoms with Gasteiger partial charge in [0.05, 0.1) is 0 Å². The van der Waals surface area contributed by atoms with E-state index in [1.54, 1.807) is 18.2 Å². The fourth-order valence-corrected chi connectivity index (χ4v) is 8.54. The second-order valence-corrected chi connectivity index (χ2v) is 11.1. The summed E-state index contributed by atoms with van der Waals surface area (Å²) in [6.07, 6.45) is 8.36. The van der Waals surface area contributed by atoms with Gasteiger partial charge < -0.3 is 4.52 Å². The third-order valence-electron chi connectivity index (χ3n) is 7.48. The lowest BCUT2D eigenvalue weighted by Gasteiger charge is -2.61. The summed E-state index contributed by atoms with van der Waals surface area (Å²) in [5.74, 6) is 3.16. The first-order chi connectivity index (χ1) is 12.4. The molecular formula is C19H29N3O3S. The monoisotopic (exact) mass is 379 g/mol. The van der Waals surface area contributed by atoms with Crippen molar-refractivity contribution in [1.29, 1.82) is 0 Å². The highest BCUT2D eigenvalue weighted by atomic mass is 32.2. The molecule has 4 saturated carbocycles. The first-order valence-corrected chi connectivity index (χ1v) is 11.5. The Hall–Kier alpha value is -0.920. The van der Waals surface area contributed by atoms with Gasteiger partial charge in [-0.25, -0.2) is 8.42 Å². The number of rotatable bonds is 3. The van der Waals surface area contributed by atoms with Gasteiger partial charge in [0.2, 0.25) is 10.0 Å². The second-order valence-electron chi connectivity index (χ2n) is 9.19. The van der Waals surface area contributed by atoms with Crippen LogP contribution in [0.4, 0.5) is 0 Å². The van der Waals surface area contributed by atoms with Crippen molar-refractivity contribution in [2.75, 3.05) is 26.2 Å². The molecule has 6 nitrogen and oxygen atoms in total. The third-order valence-corrected chi connectivity index (χ3v) is 9.62. The fourth-order valence-electron chi connectivity index (χ4n) is 6.83. The molecule has 1 saturated heterocycles. The van der Waals surface area contributed by atoms with E-state index in [0.717, 1.165) is 30.8 Å². The Morgan fingerprint density at radius 3 is 1.96 bits per heavy atom. The molecule has 5 fully saturated rings. The Bertz CT molecular complexity index is 753. The number of sulfonamides is 1. The lowest BCUT2D eigenvalue weighted by atomic mass is 9.52. The molecule has 0 spiro atoms. The SMILES string of the molecule is Cc1noc(C)c1S(=O)(=O)N1CCN(C23CC4CC(CC(C4)C2)C3)CC1. The molecule has 144 valence electrons. The van der Waals surface area contributed by atoms with Crippen LogP contribution >= 0.6 is 0 Å². The molecule has 4 aliphatic carbocycles. The molecular weight excluding hydrogens is 350 g/mol. The van der Waals surface area contributed by atoms with Gasteiger partial charge in [-0.1, -0.05) is 5.16 Å². The predicted molar refractivity (Wildman–Crippen MR) is 97.2 cm³/mol. The van der Waals surface area contributed by atoms with Crippen LogP contribution in [-0.2, 0) is 10.0 Å². The quantitative estimate of drug-likeness (QED) is 0.807. The summed E-state index contributed by atoms with van der Waals surface area (Å²) in [4.78, 5) is 2.91. The predicted octanol–water partition coefficient (Wildman–Crippen LogP) is 2.57. The van der Waals surface area contributed by atoms with Gasteiger partial charge >= 0.3 is 0 Å². The van der Waals surface area contributed by atoms with Crippen LogP contribution in [0.1, 0.15) is 50.0 Å². The topological polar surface area (TPSA) is 66.7 Å². The largest absolute Gasteiger partial charge is 0.360 e. The standard InChI is InChI=1S/C19H29N3O3S/c1-13-18(14(2)25-20-13)26(23,24)22-5-3-21(4-6-22)19-10-15-7-16(11-19)9-17(8-15)12-19/h15-17H,3-12H2,1-2H3. The van der Waals surface area contributed by atoms with Crippen molar-refractivity contribution in [3.05, 3.63) is 11.5 Å². The van der Waals surface area contributed by atoms with Gasteiger partial charge in [0.15, 0.2) is 5.76 Å². The van der Waals surface area contributed by atoms with Crippen LogP contribution in [-0.4, -0.2) is 54.5 Å². The number of hydrogen-bond donors (Lipinski definition) is 0. The zero-order chi connectivity index (χ0) is 18.1. The summed E-state index contributed by atoms with van der Waals surface area (Å²) >= 11 is 0. The van der Waals surface area contributed by atoms with Gasteiger partial charge in [-0.05, 0) is 70.1 Å². The molecule has 0 aromatic carbocycles. The molecule has 0 atom stereocenters.